The molecule has 96 valence electrons. The molecule has 1 atom stereocenters. The fraction of sp³-hybridized carbons (Fsp3) is 0.562. The Hall–Kier alpha value is -1.11. The monoisotopic (exact) mass is 234 g/mol. The zero-order valence-electron chi connectivity index (χ0n) is 12.5. The molecule has 2 rings (SSSR count). The third-order valence-corrected chi connectivity index (χ3v) is 2.49. The Labute approximate surface area is 107 Å². The van der Waals surface area contributed by atoms with E-state index in [0.29, 0.717) is 6.04 Å². The lowest BCUT2D eigenvalue weighted by Crippen LogP contribution is -2.29. The van der Waals surface area contributed by atoms with Crippen LogP contribution in [-0.2, 0) is 0 Å². The molecule has 0 aliphatic carbocycles. The zero-order chi connectivity index (χ0) is 13.5. The summed E-state index contributed by atoms with van der Waals surface area (Å²) in [6, 6.07) is 0.458. The van der Waals surface area contributed by atoms with E-state index >= 15 is 0 Å². The van der Waals surface area contributed by atoms with Crippen LogP contribution in [0.5, 0.6) is 0 Å². The first kappa shape index (κ1) is 15.9. The molecule has 0 N–H and O–H groups in total. The molecule has 0 spiro atoms. The summed E-state index contributed by atoms with van der Waals surface area (Å²) in [7, 11) is 0. The number of fused-ring (bicyclic) bond motifs is 1. The number of hydrogen-bond acceptors (Lipinski definition) is 0. The van der Waals surface area contributed by atoms with Crippen LogP contribution in [0.25, 0.3) is 0 Å². The molecular formula is C16H28N+. The van der Waals surface area contributed by atoms with Gasteiger partial charge in [0.05, 0.1) is 0 Å². The Morgan fingerprint density at radius 3 is 2.00 bits per heavy atom. The molecule has 0 amide bonds. The number of hydrogen-bond donors (Lipinski definition) is 0. The molecular weight excluding hydrogens is 206 g/mol. The summed E-state index contributed by atoms with van der Waals surface area (Å²) < 4.78 is 2.33. The first-order valence-corrected chi connectivity index (χ1v) is 6.78. The molecule has 0 saturated heterocycles. The standard InChI is InChI=1S/C12H16N.2C2H6/c1-12(2,3)11-8-4-6-10-7-5-9-13(10)11;2*1-2/h4-10H,1-3H3;2*1-2H3/q+1;;. The summed E-state index contributed by atoms with van der Waals surface area (Å²) in [5.74, 6) is 0. The van der Waals surface area contributed by atoms with Crippen molar-refractivity contribution in [3.63, 3.8) is 0 Å². The second-order valence-corrected chi connectivity index (χ2v) is 4.62. The van der Waals surface area contributed by atoms with Gasteiger partial charge in [0.15, 0.2) is 18.0 Å². The lowest BCUT2D eigenvalue weighted by atomic mass is 9.89. The van der Waals surface area contributed by atoms with Gasteiger partial charge in [-0.05, 0) is 12.2 Å². The Balaban J connectivity index is 0.000000581. The summed E-state index contributed by atoms with van der Waals surface area (Å²) in [5, 5.41) is 0. The number of rotatable bonds is 0. The van der Waals surface area contributed by atoms with Crippen molar-refractivity contribution in [3.8, 4) is 0 Å². The van der Waals surface area contributed by atoms with E-state index < -0.39 is 0 Å². The molecule has 0 aromatic heterocycles. The molecule has 1 nitrogen and oxygen atoms in total. The van der Waals surface area contributed by atoms with Crippen molar-refractivity contribution in [2.75, 3.05) is 0 Å². The number of allylic oxidation sites excluding steroid dienone is 4. The van der Waals surface area contributed by atoms with E-state index in [1.54, 1.807) is 0 Å². The van der Waals surface area contributed by atoms with E-state index in [-0.39, 0.29) is 5.41 Å². The van der Waals surface area contributed by atoms with E-state index in [2.05, 4.69) is 61.9 Å². The van der Waals surface area contributed by atoms with Gasteiger partial charge in [0.25, 0.3) is 0 Å². The van der Waals surface area contributed by atoms with Crippen LogP contribution in [0.15, 0.2) is 36.1 Å². The largest absolute Gasteiger partial charge is 0.196 e. The smallest absolute Gasteiger partial charge is 0.192 e. The molecule has 2 heterocycles. The summed E-state index contributed by atoms with van der Waals surface area (Å²) in [4.78, 5) is 0. The second-order valence-electron chi connectivity index (χ2n) is 4.62. The van der Waals surface area contributed by atoms with Crippen molar-refractivity contribution < 1.29 is 4.58 Å². The molecule has 2 aliphatic heterocycles. The second kappa shape index (κ2) is 7.26. The molecule has 0 aromatic rings. The SMILES string of the molecule is CC.CC.CC(C)(C)C1=CC=CC2C=CC=[N+]12. The van der Waals surface area contributed by atoms with Gasteiger partial charge in [0.2, 0.25) is 0 Å². The average molecular weight is 234 g/mol. The third-order valence-electron chi connectivity index (χ3n) is 2.49. The molecule has 0 aromatic carbocycles. The van der Waals surface area contributed by atoms with Gasteiger partial charge in [-0.3, -0.25) is 0 Å². The van der Waals surface area contributed by atoms with Crippen molar-refractivity contribution >= 4 is 6.21 Å². The fourth-order valence-corrected chi connectivity index (χ4v) is 1.83. The molecule has 2 aliphatic rings. The van der Waals surface area contributed by atoms with Crippen LogP contribution >= 0.6 is 0 Å². The van der Waals surface area contributed by atoms with Crippen molar-refractivity contribution in [1.82, 2.24) is 0 Å². The first-order valence-electron chi connectivity index (χ1n) is 6.78. The predicted octanol–water partition coefficient (Wildman–Crippen LogP) is 4.56. The highest BCUT2D eigenvalue weighted by atomic mass is 15.1. The Morgan fingerprint density at radius 1 is 0.941 bits per heavy atom. The fourth-order valence-electron chi connectivity index (χ4n) is 1.83. The summed E-state index contributed by atoms with van der Waals surface area (Å²) >= 11 is 0. The topological polar surface area (TPSA) is 3.01 Å². The molecule has 0 bridgehead atoms. The van der Waals surface area contributed by atoms with Gasteiger partial charge in [0, 0.05) is 17.6 Å². The highest BCUT2D eigenvalue weighted by Gasteiger charge is 2.33. The minimum absolute atomic E-state index is 0.228. The summed E-state index contributed by atoms with van der Waals surface area (Å²) in [6.07, 6.45) is 13.1. The number of nitrogens with zero attached hydrogens (tertiary/aromatic N) is 1. The summed E-state index contributed by atoms with van der Waals surface area (Å²) in [6.45, 7) is 14.8. The molecule has 1 unspecified atom stereocenters. The van der Waals surface area contributed by atoms with Gasteiger partial charge in [-0.25, -0.2) is 0 Å². The molecule has 17 heavy (non-hydrogen) atoms. The van der Waals surface area contributed by atoms with Gasteiger partial charge in [-0.1, -0.05) is 54.5 Å². The average Bonchev–Trinajstić information content (AvgIpc) is 2.80. The lowest BCUT2D eigenvalue weighted by Gasteiger charge is -2.22. The third kappa shape index (κ3) is 3.99. The van der Waals surface area contributed by atoms with Crippen LogP contribution in [0.3, 0.4) is 0 Å². The van der Waals surface area contributed by atoms with Crippen molar-refractivity contribution in [1.29, 1.82) is 0 Å². The maximum Gasteiger partial charge on any atom is 0.196 e. The normalized spacial score (nSPS) is 20.3. The van der Waals surface area contributed by atoms with Crippen LogP contribution in [0.2, 0.25) is 0 Å². The maximum absolute atomic E-state index is 2.33. The van der Waals surface area contributed by atoms with E-state index in [0.717, 1.165) is 0 Å². The van der Waals surface area contributed by atoms with Crippen molar-refractivity contribution in [2.45, 2.75) is 54.5 Å². The van der Waals surface area contributed by atoms with Crippen LogP contribution in [0.1, 0.15) is 48.5 Å². The van der Waals surface area contributed by atoms with Crippen LogP contribution in [0.4, 0.5) is 0 Å². The quantitative estimate of drug-likeness (QED) is 0.541. The molecule has 0 saturated carbocycles. The van der Waals surface area contributed by atoms with Gasteiger partial charge in [-0.2, -0.15) is 4.58 Å². The Morgan fingerprint density at radius 2 is 1.47 bits per heavy atom. The van der Waals surface area contributed by atoms with E-state index in [1.807, 2.05) is 27.7 Å². The van der Waals surface area contributed by atoms with Gasteiger partial charge in [0.1, 0.15) is 0 Å². The van der Waals surface area contributed by atoms with Crippen LogP contribution < -0.4 is 0 Å². The van der Waals surface area contributed by atoms with Crippen LogP contribution in [-0.4, -0.2) is 16.8 Å². The minimum Gasteiger partial charge on any atom is -0.192 e. The molecule has 1 heteroatoms. The highest BCUT2D eigenvalue weighted by molar-refractivity contribution is 5.69. The Kier molecular flexibility index (Phi) is 6.79. The minimum atomic E-state index is 0.228. The van der Waals surface area contributed by atoms with E-state index in [4.69, 9.17) is 0 Å². The van der Waals surface area contributed by atoms with Gasteiger partial charge >= 0.3 is 0 Å². The molecule has 0 fully saturated rings. The van der Waals surface area contributed by atoms with Crippen molar-refractivity contribution in [2.24, 2.45) is 5.41 Å². The first-order chi connectivity index (χ1) is 8.09. The predicted molar refractivity (Wildman–Crippen MR) is 78.6 cm³/mol. The summed E-state index contributed by atoms with van der Waals surface area (Å²) in [5.41, 5.74) is 1.62. The van der Waals surface area contributed by atoms with Gasteiger partial charge in [-0.15, -0.1) is 0 Å². The van der Waals surface area contributed by atoms with E-state index in [1.165, 1.54) is 5.70 Å². The molecule has 0 radical (unpaired) electrons. The highest BCUT2D eigenvalue weighted by Crippen LogP contribution is 2.30. The van der Waals surface area contributed by atoms with Gasteiger partial charge < -0.3 is 0 Å². The van der Waals surface area contributed by atoms with Crippen LogP contribution in [0, 0.1) is 5.41 Å². The maximum atomic E-state index is 2.33. The Bertz CT molecular complexity index is 335. The lowest BCUT2D eigenvalue weighted by molar-refractivity contribution is -0.498. The zero-order valence-corrected chi connectivity index (χ0v) is 12.5. The van der Waals surface area contributed by atoms with E-state index in [9.17, 15) is 0 Å². The van der Waals surface area contributed by atoms with Crippen molar-refractivity contribution in [3.05, 3.63) is 36.1 Å².